The molecule has 0 radical (unpaired) electrons. The maximum absolute atomic E-state index is 11.2. The Bertz CT molecular complexity index is 414. The number of hydrogen-bond acceptors (Lipinski definition) is 3. The SMILES string of the molecule is C=CC(=O)Nc1ccc(OC)c(NC(C)C)c1. The first-order valence-corrected chi connectivity index (χ1v) is 5.44. The van der Waals surface area contributed by atoms with Crippen LogP contribution in [0, 0.1) is 0 Å². The first-order valence-electron chi connectivity index (χ1n) is 5.44. The van der Waals surface area contributed by atoms with Gasteiger partial charge in [-0.05, 0) is 38.1 Å². The minimum absolute atomic E-state index is 0.231. The van der Waals surface area contributed by atoms with Gasteiger partial charge in [0.1, 0.15) is 5.75 Å². The van der Waals surface area contributed by atoms with Crippen LogP contribution in [-0.2, 0) is 4.79 Å². The van der Waals surface area contributed by atoms with Crippen LogP contribution >= 0.6 is 0 Å². The van der Waals surface area contributed by atoms with Crippen LogP contribution in [-0.4, -0.2) is 19.1 Å². The Morgan fingerprint density at radius 2 is 2.18 bits per heavy atom. The van der Waals surface area contributed by atoms with Crippen molar-refractivity contribution in [2.24, 2.45) is 0 Å². The number of rotatable bonds is 5. The van der Waals surface area contributed by atoms with Gasteiger partial charge in [-0.25, -0.2) is 0 Å². The Kier molecular flexibility index (Phi) is 4.57. The van der Waals surface area contributed by atoms with Crippen molar-refractivity contribution in [3.05, 3.63) is 30.9 Å². The third-order valence-corrected chi connectivity index (χ3v) is 2.10. The van der Waals surface area contributed by atoms with E-state index in [-0.39, 0.29) is 11.9 Å². The average Bonchev–Trinajstić information content (AvgIpc) is 2.28. The fourth-order valence-electron chi connectivity index (χ4n) is 1.40. The number of anilines is 2. The van der Waals surface area contributed by atoms with E-state index in [1.165, 1.54) is 6.08 Å². The molecule has 0 aliphatic rings. The lowest BCUT2D eigenvalue weighted by Gasteiger charge is -2.15. The molecule has 2 N–H and O–H groups in total. The maximum atomic E-state index is 11.2. The summed E-state index contributed by atoms with van der Waals surface area (Å²) in [5, 5.41) is 5.96. The molecular weight excluding hydrogens is 216 g/mol. The minimum atomic E-state index is -0.231. The van der Waals surface area contributed by atoms with Gasteiger partial charge < -0.3 is 15.4 Å². The van der Waals surface area contributed by atoms with Crippen molar-refractivity contribution >= 4 is 17.3 Å². The Balaban J connectivity index is 2.95. The molecule has 0 fully saturated rings. The standard InChI is InChI=1S/C13H18N2O2/c1-5-13(16)15-10-6-7-12(17-4)11(8-10)14-9(2)3/h5-9,14H,1H2,2-4H3,(H,15,16). The van der Waals surface area contributed by atoms with Crippen molar-refractivity contribution in [2.45, 2.75) is 19.9 Å². The zero-order valence-electron chi connectivity index (χ0n) is 10.4. The topological polar surface area (TPSA) is 50.4 Å². The third kappa shape index (κ3) is 3.83. The number of hydrogen-bond donors (Lipinski definition) is 2. The van der Waals surface area contributed by atoms with Crippen LogP contribution in [0.1, 0.15) is 13.8 Å². The molecular formula is C13H18N2O2. The van der Waals surface area contributed by atoms with Crippen LogP contribution in [0.3, 0.4) is 0 Å². The van der Waals surface area contributed by atoms with Gasteiger partial charge >= 0.3 is 0 Å². The summed E-state index contributed by atoms with van der Waals surface area (Å²) in [6.07, 6.45) is 1.24. The summed E-state index contributed by atoms with van der Waals surface area (Å²) in [5.41, 5.74) is 1.56. The van der Waals surface area contributed by atoms with Gasteiger partial charge in [-0.2, -0.15) is 0 Å². The van der Waals surface area contributed by atoms with Crippen LogP contribution in [0.2, 0.25) is 0 Å². The van der Waals surface area contributed by atoms with E-state index >= 15 is 0 Å². The zero-order valence-corrected chi connectivity index (χ0v) is 10.4. The molecule has 0 aromatic heterocycles. The monoisotopic (exact) mass is 234 g/mol. The normalized spacial score (nSPS) is 9.88. The van der Waals surface area contributed by atoms with Crippen LogP contribution in [0.4, 0.5) is 11.4 Å². The number of carbonyl (C=O) groups is 1. The first kappa shape index (κ1) is 13.1. The van der Waals surface area contributed by atoms with Gasteiger partial charge in [0, 0.05) is 11.7 Å². The van der Waals surface area contributed by atoms with Crippen molar-refractivity contribution in [1.29, 1.82) is 0 Å². The summed E-state index contributed by atoms with van der Waals surface area (Å²) in [7, 11) is 1.61. The van der Waals surface area contributed by atoms with E-state index in [1.807, 2.05) is 26.0 Å². The fourth-order valence-corrected chi connectivity index (χ4v) is 1.40. The second kappa shape index (κ2) is 5.94. The number of ether oxygens (including phenoxy) is 1. The van der Waals surface area contributed by atoms with Gasteiger partial charge in [-0.3, -0.25) is 4.79 Å². The Labute approximate surface area is 102 Å². The van der Waals surface area contributed by atoms with Gasteiger partial charge in [0.15, 0.2) is 0 Å². The number of amides is 1. The molecule has 0 saturated carbocycles. The van der Waals surface area contributed by atoms with Crippen LogP contribution in [0.15, 0.2) is 30.9 Å². The number of methoxy groups -OCH3 is 1. The van der Waals surface area contributed by atoms with E-state index < -0.39 is 0 Å². The molecule has 1 rings (SSSR count). The maximum Gasteiger partial charge on any atom is 0.247 e. The van der Waals surface area contributed by atoms with Crippen LogP contribution in [0.25, 0.3) is 0 Å². The van der Waals surface area contributed by atoms with Crippen molar-refractivity contribution in [2.75, 3.05) is 17.7 Å². The van der Waals surface area contributed by atoms with E-state index in [4.69, 9.17) is 4.74 Å². The molecule has 0 spiro atoms. The van der Waals surface area contributed by atoms with E-state index in [0.29, 0.717) is 5.69 Å². The highest BCUT2D eigenvalue weighted by Crippen LogP contribution is 2.28. The molecule has 1 amide bonds. The second-order valence-corrected chi connectivity index (χ2v) is 3.91. The minimum Gasteiger partial charge on any atom is -0.495 e. The molecule has 0 heterocycles. The molecule has 0 unspecified atom stereocenters. The van der Waals surface area contributed by atoms with Crippen molar-refractivity contribution in [1.82, 2.24) is 0 Å². The lowest BCUT2D eigenvalue weighted by Crippen LogP contribution is -2.12. The van der Waals surface area contributed by atoms with Gasteiger partial charge in [-0.1, -0.05) is 6.58 Å². The Morgan fingerprint density at radius 1 is 1.47 bits per heavy atom. The van der Waals surface area contributed by atoms with Gasteiger partial charge in [-0.15, -0.1) is 0 Å². The molecule has 1 aromatic carbocycles. The number of benzene rings is 1. The van der Waals surface area contributed by atoms with Gasteiger partial charge in [0.2, 0.25) is 5.91 Å². The molecule has 0 bridgehead atoms. The zero-order chi connectivity index (χ0) is 12.8. The van der Waals surface area contributed by atoms with E-state index in [1.54, 1.807) is 13.2 Å². The number of nitrogens with one attached hydrogen (secondary N) is 2. The third-order valence-electron chi connectivity index (χ3n) is 2.10. The highest BCUT2D eigenvalue weighted by Gasteiger charge is 2.06. The highest BCUT2D eigenvalue weighted by molar-refractivity contribution is 5.99. The van der Waals surface area contributed by atoms with E-state index in [2.05, 4.69) is 17.2 Å². The molecule has 1 aromatic rings. The molecule has 0 aliphatic carbocycles. The van der Waals surface area contributed by atoms with Crippen molar-refractivity contribution < 1.29 is 9.53 Å². The van der Waals surface area contributed by atoms with Gasteiger partial charge in [0.05, 0.1) is 12.8 Å². The summed E-state index contributed by atoms with van der Waals surface area (Å²) < 4.78 is 5.24. The Hall–Kier alpha value is -1.97. The van der Waals surface area contributed by atoms with Crippen LogP contribution < -0.4 is 15.4 Å². The summed E-state index contributed by atoms with van der Waals surface area (Å²) in [6, 6.07) is 5.71. The number of carbonyl (C=O) groups excluding carboxylic acids is 1. The quantitative estimate of drug-likeness (QED) is 0.770. The molecule has 0 aliphatic heterocycles. The predicted molar refractivity (Wildman–Crippen MR) is 70.6 cm³/mol. The predicted octanol–water partition coefficient (Wildman–Crippen LogP) is 2.64. The van der Waals surface area contributed by atoms with Crippen molar-refractivity contribution in [3.63, 3.8) is 0 Å². The lowest BCUT2D eigenvalue weighted by atomic mass is 10.2. The highest BCUT2D eigenvalue weighted by atomic mass is 16.5. The van der Waals surface area contributed by atoms with Crippen molar-refractivity contribution in [3.8, 4) is 5.75 Å². The summed E-state index contributed by atoms with van der Waals surface area (Å²) in [5.74, 6) is 0.515. The molecule has 0 saturated heterocycles. The second-order valence-electron chi connectivity index (χ2n) is 3.91. The van der Waals surface area contributed by atoms with Crippen LogP contribution in [0.5, 0.6) is 5.75 Å². The first-order chi connectivity index (χ1) is 8.06. The van der Waals surface area contributed by atoms with Gasteiger partial charge in [0.25, 0.3) is 0 Å². The fraction of sp³-hybridized carbons (Fsp3) is 0.308. The van der Waals surface area contributed by atoms with E-state index in [9.17, 15) is 4.79 Å². The lowest BCUT2D eigenvalue weighted by molar-refractivity contribution is -0.111. The summed E-state index contributed by atoms with van der Waals surface area (Å²) in [4.78, 5) is 11.2. The Morgan fingerprint density at radius 3 is 2.71 bits per heavy atom. The molecule has 4 nitrogen and oxygen atoms in total. The molecule has 0 atom stereocenters. The average molecular weight is 234 g/mol. The summed E-state index contributed by atoms with van der Waals surface area (Å²) in [6.45, 7) is 7.48. The molecule has 17 heavy (non-hydrogen) atoms. The smallest absolute Gasteiger partial charge is 0.247 e. The molecule has 4 heteroatoms. The largest absolute Gasteiger partial charge is 0.495 e. The molecule has 92 valence electrons. The summed E-state index contributed by atoms with van der Waals surface area (Å²) >= 11 is 0. The van der Waals surface area contributed by atoms with E-state index in [0.717, 1.165) is 11.4 Å².